The monoisotopic (exact) mass is 344 g/mol. The fraction of sp³-hybridized carbons (Fsp3) is 0.474. The maximum atomic E-state index is 12.5. The van der Waals surface area contributed by atoms with E-state index < -0.39 is 0 Å². The molecule has 1 amide bonds. The van der Waals surface area contributed by atoms with Gasteiger partial charge in [0.2, 0.25) is 5.91 Å². The summed E-state index contributed by atoms with van der Waals surface area (Å²) in [5, 5.41) is 7.32. The van der Waals surface area contributed by atoms with Crippen LogP contribution < -0.4 is 10.1 Å². The van der Waals surface area contributed by atoms with Crippen LogP contribution in [0.2, 0.25) is 0 Å². The topological polar surface area (TPSA) is 59.4 Å². The molecule has 0 aliphatic carbocycles. The average Bonchev–Trinajstić information content (AvgIpc) is 2.82. The summed E-state index contributed by atoms with van der Waals surface area (Å²) in [5.41, 5.74) is 3.77. The molecule has 0 spiro atoms. The Hall–Kier alpha value is -2.34. The largest absolute Gasteiger partial charge is 0.492 e. The summed E-state index contributed by atoms with van der Waals surface area (Å²) in [6, 6.07) is 7.70. The Kier molecular flexibility index (Phi) is 6.20. The van der Waals surface area contributed by atoms with E-state index in [1.54, 1.807) is 4.68 Å². The first-order valence-electron chi connectivity index (χ1n) is 8.50. The first kappa shape index (κ1) is 19.0. The number of carbonyl (C=O) groups excluding carboxylic acids is 1. The summed E-state index contributed by atoms with van der Waals surface area (Å²) < 4.78 is 7.51. The van der Waals surface area contributed by atoms with Gasteiger partial charge in [-0.05, 0) is 46.9 Å². The van der Waals surface area contributed by atoms with Gasteiger partial charge in [-0.2, -0.15) is 5.10 Å². The fourth-order valence-corrected chi connectivity index (χ4v) is 2.52. The maximum Gasteiger partial charge on any atom is 0.241 e. The molecule has 0 radical (unpaired) electrons. The van der Waals surface area contributed by atoms with E-state index >= 15 is 0 Å². The van der Waals surface area contributed by atoms with Gasteiger partial charge in [-0.25, -0.2) is 0 Å². The normalized spacial score (nSPS) is 12.3. The molecule has 1 N–H and O–H groups in total. The number of amides is 1. The van der Waals surface area contributed by atoms with Crippen LogP contribution in [0, 0.1) is 20.8 Å². The second-order valence-corrected chi connectivity index (χ2v) is 6.48. The molecular formula is C19H28N4O2. The molecule has 0 bridgehead atoms. The molecule has 6 nitrogen and oxygen atoms in total. The van der Waals surface area contributed by atoms with Crippen LogP contribution in [0.15, 0.2) is 24.3 Å². The minimum atomic E-state index is -0.263. The lowest BCUT2D eigenvalue weighted by molar-refractivity contribution is -0.120. The van der Waals surface area contributed by atoms with E-state index in [4.69, 9.17) is 4.74 Å². The Labute approximate surface area is 149 Å². The van der Waals surface area contributed by atoms with Crippen molar-refractivity contribution in [1.82, 2.24) is 14.7 Å². The van der Waals surface area contributed by atoms with Gasteiger partial charge >= 0.3 is 0 Å². The fourth-order valence-electron chi connectivity index (χ4n) is 2.52. The molecule has 1 heterocycles. The third-order valence-corrected chi connectivity index (χ3v) is 4.53. The van der Waals surface area contributed by atoms with E-state index in [0.29, 0.717) is 13.2 Å². The second kappa shape index (κ2) is 8.16. The van der Waals surface area contributed by atoms with Gasteiger partial charge in [0.15, 0.2) is 0 Å². The number of hydrogen-bond donors (Lipinski definition) is 1. The van der Waals surface area contributed by atoms with Crippen molar-refractivity contribution in [3.8, 4) is 5.75 Å². The zero-order chi connectivity index (χ0) is 18.6. The van der Waals surface area contributed by atoms with Crippen LogP contribution in [0.5, 0.6) is 5.75 Å². The van der Waals surface area contributed by atoms with Crippen molar-refractivity contribution in [3.05, 3.63) is 41.2 Å². The third kappa shape index (κ3) is 4.82. The van der Waals surface area contributed by atoms with E-state index in [9.17, 15) is 4.79 Å². The highest BCUT2D eigenvalue weighted by Gasteiger charge is 2.20. The van der Waals surface area contributed by atoms with E-state index in [0.717, 1.165) is 22.8 Å². The summed E-state index contributed by atoms with van der Waals surface area (Å²) >= 11 is 0. The van der Waals surface area contributed by atoms with Crippen molar-refractivity contribution in [2.75, 3.05) is 25.5 Å². The van der Waals surface area contributed by atoms with Gasteiger partial charge < -0.3 is 10.1 Å². The summed E-state index contributed by atoms with van der Waals surface area (Å²) in [5.74, 6) is 0.801. The molecule has 1 aromatic heterocycles. The van der Waals surface area contributed by atoms with Crippen LogP contribution in [0.25, 0.3) is 0 Å². The molecule has 2 aromatic rings. The zero-order valence-electron chi connectivity index (χ0n) is 16.0. The molecule has 0 saturated carbocycles. The number of aryl methyl sites for hydroxylation is 3. The predicted molar refractivity (Wildman–Crippen MR) is 100 cm³/mol. The summed E-state index contributed by atoms with van der Waals surface area (Å²) in [6.45, 7) is 8.97. The first-order chi connectivity index (χ1) is 11.8. The van der Waals surface area contributed by atoms with Crippen LogP contribution in [0.3, 0.4) is 0 Å². The lowest BCUT2D eigenvalue weighted by atomic mass is 10.2. The van der Waals surface area contributed by atoms with Gasteiger partial charge in [-0.3, -0.25) is 14.4 Å². The zero-order valence-corrected chi connectivity index (χ0v) is 16.0. The van der Waals surface area contributed by atoms with Gasteiger partial charge in [0.1, 0.15) is 12.4 Å². The number of ether oxygens (including phenoxy) is 1. The van der Waals surface area contributed by atoms with Crippen molar-refractivity contribution in [1.29, 1.82) is 0 Å². The average molecular weight is 344 g/mol. The van der Waals surface area contributed by atoms with E-state index in [-0.39, 0.29) is 11.9 Å². The van der Waals surface area contributed by atoms with Crippen molar-refractivity contribution in [2.45, 2.75) is 33.7 Å². The Bertz CT molecular complexity index is 722. The smallest absolute Gasteiger partial charge is 0.241 e. The Morgan fingerprint density at radius 3 is 2.48 bits per heavy atom. The summed E-state index contributed by atoms with van der Waals surface area (Å²) in [6.07, 6.45) is 0. The van der Waals surface area contributed by atoms with Crippen molar-refractivity contribution < 1.29 is 9.53 Å². The van der Waals surface area contributed by atoms with Crippen LogP contribution >= 0.6 is 0 Å². The van der Waals surface area contributed by atoms with Gasteiger partial charge in [-0.15, -0.1) is 0 Å². The van der Waals surface area contributed by atoms with Crippen LogP contribution in [0.1, 0.15) is 23.9 Å². The van der Waals surface area contributed by atoms with E-state index in [2.05, 4.69) is 10.4 Å². The highest BCUT2D eigenvalue weighted by atomic mass is 16.5. The minimum Gasteiger partial charge on any atom is -0.492 e. The van der Waals surface area contributed by atoms with Crippen LogP contribution in [0.4, 0.5) is 5.69 Å². The third-order valence-electron chi connectivity index (χ3n) is 4.53. The molecule has 1 atom stereocenters. The number of carbonyl (C=O) groups is 1. The molecule has 6 heteroatoms. The SMILES string of the molecule is Cc1ccc(OCCN(C)C(C)C(=O)Nc2c(C)nn(C)c2C)cc1. The molecule has 0 saturated heterocycles. The molecule has 136 valence electrons. The molecule has 1 unspecified atom stereocenters. The van der Waals surface area contributed by atoms with Gasteiger partial charge in [0.05, 0.1) is 23.1 Å². The van der Waals surface area contributed by atoms with Crippen molar-refractivity contribution in [3.63, 3.8) is 0 Å². The standard InChI is InChI=1S/C19H28N4O2/c1-13-7-9-17(10-8-13)25-12-11-22(5)16(4)19(24)20-18-14(2)21-23(6)15(18)3/h7-10,16H,11-12H2,1-6H3,(H,20,24). The van der Waals surface area contributed by atoms with E-state index in [1.165, 1.54) is 5.56 Å². The first-order valence-corrected chi connectivity index (χ1v) is 8.50. The number of benzene rings is 1. The number of nitrogens with one attached hydrogen (secondary N) is 1. The molecular weight excluding hydrogens is 316 g/mol. The highest BCUT2D eigenvalue weighted by molar-refractivity contribution is 5.95. The molecule has 0 fully saturated rings. The molecule has 1 aromatic carbocycles. The summed E-state index contributed by atoms with van der Waals surface area (Å²) in [7, 11) is 3.79. The Morgan fingerprint density at radius 2 is 1.92 bits per heavy atom. The Morgan fingerprint density at radius 1 is 1.28 bits per heavy atom. The predicted octanol–water partition coefficient (Wildman–Crippen LogP) is 2.68. The highest BCUT2D eigenvalue weighted by Crippen LogP contribution is 2.19. The van der Waals surface area contributed by atoms with Crippen LogP contribution in [-0.4, -0.2) is 46.8 Å². The number of rotatable bonds is 7. The quantitative estimate of drug-likeness (QED) is 0.839. The second-order valence-electron chi connectivity index (χ2n) is 6.48. The maximum absolute atomic E-state index is 12.5. The van der Waals surface area contributed by atoms with Gasteiger partial charge in [-0.1, -0.05) is 17.7 Å². The number of aromatic nitrogens is 2. The minimum absolute atomic E-state index is 0.0444. The lowest BCUT2D eigenvalue weighted by Gasteiger charge is -2.24. The molecule has 25 heavy (non-hydrogen) atoms. The molecule has 0 aliphatic rings. The van der Waals surface area contributed by atoms with E-state index in [1.807, 2.05) is 71.0 Å². The molecule has 2 rings (SSSR count). The lowest BCUT2D eigenvalue weighted by Crippen LogP contribution is -2.41. The van der Waals surface area contributed by atoms with Crippen molar-refractivity contribution >= 4 is 11.6 Å². The number of anilines is 1. The summed E-state index contributed by atoms with van der Waals surface area (Å²) in [4.78, 5) is 14.5. The van der Waals surface area contributed by atoms with Crippen molar-refractivity contribution in [2.24, 2.45) is 7.05 Å². The number of hydrogen-bond acceptors (Lipinski definition) is 4. The van der Waals surface area contributed by atoms with Crippen LogP contribution in [-0.2, 0) is 11.8 Å². The molecule has 0 aliphatic heterocycles. The number of nitrogens with zero attached hydrogens (tertiary/aromatic N) is 3. The Balaban J connectivity index is 1.85. The number of likely N-dealkylation sites (N-methyl/N-ethyl adjacent to an activating group) is 1. The van der Waals surface area contributed by atoms with Gasteiger partial charge in [0.25, 0.3) is 0 Å². The van der Waals surface area contributed by atoms with Gasteiger partial charge in [0, 0.05) is 13.6 Å².